The van der Waals surface area contributed by atoms with Crippen LogP contribution in [0.3, 0.4) is 0 Å². The highest BCUT2D eigenvalue weighted by molar-refractivity contribution is 5.99. The van der Waals surface area contributed by atoms with Crippen molar-refractivity contribution in [3.8, 4) is 5.75 Å². The van der Waals surface area contributed by atoms with E-state index in [4.69, 9.17) is 9.84 Å². The lowest BCUT2D eigenvalue weighted by atomic mass is 10.1. The molecule has 1 N–H and O–H groups in total. The molecule has 0 aromatic heterocycles. The number of ether oxygens (including phenoxy) is 1. The molecular formula is C14H16O4. The van der Waals surface area contributed by atoms with Crippen LogP contribution in [0.2, 0.25) is 0 Å². The first kappa shape index (κ1) is 12.6. The first-order chi connectivity index (χ1) is 8.61. The van der Waals surface area contributed by atoms with Crippen molar-refractivity contribution in [2.45, 2.75) is 32.3 Å². The van der Waals surface area contributed by atoms with E-state index in [0.717, 1.165) is 12.8 Å². The van der Waals surface area contributed by atoms with Crippen LogP contribution < -0.4 is 4.74 Å². The lowest BCUT2D eigenvalue weighted by Crippen LogP contribution is -2.25. The summed E-state index contributed by atoms with van der Waals surface area (Å²) < 4.78 is 5.33. The lowest BCUT2D eigenvalue weighted by Gasteiger charge is -2.13. The number of carboxylic acids is 1. The Bertz CT molecular complexity index is 445. The number of hydrogen-bond donors (Lipinski definition) is 1. The smallest absolute Gasteiger partial charge is 0.344 e. The normalized spacial score (nSPS) is 16.1. The molecule has 0 saturated heterocycles. The Kier molecular flexibility index (Phi) is 3.65. The number of hydrogen-bond acceptors (Lipinski definition) is 3. The van der Waals surface area contributed by atoms with Crippen molar-refractivity contribution in [2.24, 2.45) is 5.92 Å². The minimum Gasteiger partial charge on any atom is -0.479 e. The molecule has 0 amide bonds. The molecule has 2 rings (SSSR count). The van der Waals surface area contributed by atoms with Crippen molar-refractivity contribution < 1.29 is 19.4 Å². The topological polar surface area (TPSA) is 63.6 Å². The van der Waals surface area contributed by atoms with Gasteiger partial charge in [0.05, 0.1) is 0 Å². The third kappa shape index (κ3) is 2.88. The monoisotopic (exact) mass is 248 g/mol. The van der Waals surface area contributed by atoms with Crippen LogP contribution in [0.25, 0.3) is 0 Å². The first-order valence-electron chi connectivity index (χ1n) is 6.15. The van der Waals surface area contributed by atoms with Crippen molar-refractivity contribution in [1.82, 2.24) is 0 Å². The molecule has 4 nitrogen and oxygen atoms in total. The lowest BCUT2D eigenvalue weighted by molar-refractivity contribution is -0.145. The molecule has 1 aliphatic carbocycles. The van der Waals surface area contributed by atoms with Crippen molar-refractivity contribution in [3.05, 3.63) is 29.8 Å². The van der Waals surface area contributed by atoms with Crippen LogP contribution in [0.1, 0.15) is 36.5 Å². The van der Waals surface area contributed by atoms with Crippen molar-refractivity contribution >= 4 is 11.8 Å². The Hall–Kier alpha value is -1.84. The number of carbonyl (C=O) groups is 2. The van der Waals surface area contributed by atoms with Crippen molar-refractivity contribution in [2.75, 3.05) is 0 Å². The van der Waals surface area contributed by atoms with Crippen LogP contribution >= 0.6 is 0 Å². The van der Waals surface area contributed by atoms with Crippen LogP contribution in [0.4, 0.5) is 0 Å². The Morgan fingerprint density at radius 2 is 1.94 bits per heavy atom. The number of rotatable bonds is 6. The molecule has 1 fully saturated rings. The molecule has 4 heteroatoms. The van der Waals surface area contributed by atoms with Crippen molar-refractivity contribution in [1.29, 1.82) is 0 Å². The molecule has 1 aliphatic rings. The Morgan fingerprint density at radius 3 is 2.39 bits per heavy atom. The molecule has 96 valence electrons. The van der Waals surface area contributed by atoms with Crippen LogP contribution in [-0.2, 0) is 4.79 Å². The van der Waals surface area contributed by atoms with Gasteiger partial charge in [0.25, 0.3) is 0 Å². The van der Waals surface area contributed by atoms with Gasteiger partial charge in [-0.3, -0.25) is 4.79 Å². The molecule has 0 spiro atoms. The summed E-state index contributed by atoms with van der Waals surface area (Å²) in [6.07, 6.45) is 1.52. The fraction of sp³-hybridized carbons (Fsp3) is 0.429. The number of ketones is 1. The highest BCUT2D eigenvalue weighted by atomic mass is 16.5. The van der Waals surface area contributed by atoms with E-state index in [9.17, 15) is 9.59 Å². The molecule has 1 saturated carbocycles. The maximum Gasteiger partial charge on any atom is 0.344 e. The number of aliphatic carboxylic acids is 1. The fourth-order valence-corrected chi connectivity index (χ4v) is 1.75. The van der Waals surface area contributed by atoms with Crippen LogP contribution in [0, 0.1) is 5.92 Å². The third-order valence-electron chi connectivity index (χ3n) is 3.01. The average Bonchev–Trinajstić information content (AvgIpc) is 3.19. The summed E-state index contributed by atoms with van der Waals surface area (Å²) in [5.74, 6) is -0.127. The van der Waals surface area contributed by atoms with Crippen molar-refractivity contribution in [3.63, 3.8) is 0 Å². The minimum atomic E-state index is -0.976. The second-order valence-electron chi connectivity index (χ2n) is 4.52. The van der Waals surface area contributed by atoms with E-state index in [-0.39, 0.29) is 11.7 Å². The molecule has 1 aromatic rings. The molecule has 18 heavy (non-hydrogen) atoms. The van der Waals surface area contributed by atoms with Gasteiger partial charge in [-0.15, -0.1) is 0 Å². The van der Waals surface area contributed by atoms with E-state index in [1.807, 2.05) is 0 Å². The molecule has 1 aromatic carbocycles. The molecule has 1 atom stereocenters. The van der Waals surface area contributed by atoms with E-state index < -0.39 is 12.1 Å². The highest BCUT2D eigenvalue weighted by Gasteiger charge is 2.30. The predicted molar refractivity (Wildman–Crippen MR) is 65.8 cm³/mol. The largest absolute Gasteiger partial charge is 0.479 e. The average molecular weight is 248 g/mol. The zero-order valence-corrected chi connectivity index (χ0v) is 10.3. The number of carboxylic acid groups (broad SMARTS) is 1. The Balaban J connectivity index is 2.02. The standard InChI is InChI=1S/C14H16O4/c1-2-12(14(16)17)18-11-7-5-10(6-8-11)13(15)9-3-4-9/h5-9,12H,2-4H2,1H3,(H,16,17)/t12-/m0/s1. The van der Waals surface area contributed by atoms with Crippen LogP contribution in [0.5, 0.6) is 5.75 Å². The fourth-order valence-electron chi connectivity index (χ4n) is 1.75. The summed E-state index contributed by atoms with van der Waals surface area (Å²) in [6, 6.07) is 6.71. The second kappa shape index (κ2) is 5.21. The first-order valence-corrected chi connectivity index (χ1v) is 6.15. The summed E-state index contributed by atoms with van der Waals surface area (Å²) in [6.45, 7) is 1.75. The zero-order chi connectivity index (χ0) is 13.1. The van der Waals surface area contributed by atoms with E-state index >= 15 is 0 Å². The Morgan fingerprint density at radius 1 is 1.33 bits per heavy atom. The summed E-state index contributed by atoms with van der Waals surface area (Å²) in [5, 5.41) is 8.88. The molecule has 0 bridgehead atoms. The molecule has 0 radical (unpaired) electrons. The predicted octanol–water partition coefficient (Wildman–Crippen LogP) is 2.52. The number of carbonyl (C=O) groups excluding carboxylic acids is 1. The van der Waals surface area contributed by atoms with Gasteiger partial charge >= 0.3 is 5.97 Å². The van der Waals surface area contributed by atoms with Gasteiger partial charge < -0.3 is 9.84 Å². The van der Waals surface area contributed by atoms with E-state index in [1.54, 1.807) is 31.2 Å². The summed E-state index contributed by atoms with van der Waals surface area (Å²) in [4.78, 5) is 22.6. The van der Waals surface area contributed by atoms with Crippen LogP contribution in [-0.4, -0.2) is 23.0 Å². The summed E-state index contributed by atoms with van der Waals surface area (Å²) >= 11 is 0. The zero-order valence-electron chi connectivity index (χ0n) is 10.3. The second-order valence-corrected chi connectivity index (χ2v) is 4.52. The van der Waals surface area contributed by atoms with Gasteiger partial charge in [0.2, 0.25) is 0 Å². The van der Waals surface area contributed by atoms with Gasteiger partial charge in [0.1, 0.15) is 5.75 Å². The van der Waals surface area contributed by atoms with Gasteiger partial charge in [-0.1, -0.05) is 6.92 Å². The Labute approximate surface area is 106 Å². The van der Waals surface area contributed by atoms with E-state index in [0.29, 0.717) is 17.7 Å². The van der Waals surface area contributed by atoms with Gasteiger partial charge in [-0.05, 0) is 43.5 Å². The quantitative estimate of drug-likeness (QED) is 0.786. The van der Waals surface area contributed by atoms with Gasteiger partial charge in [-0.2, -0.15) is 0 Å². The molecule has 0 aliphatic heterocycles. The molecule has 0 heterocycles. The van der Waals surface area contributed by atoms with Gasteiger partial charge in [0, 0.05) is 11.5 Å². The van der Waals surface area contributed by atoms with E-state index in [1.165, 1.54) is 0 Å². The molecule has 0 unspecified atom stereocenters. The third-order valence-corrected chi connectivity index (χ3v) is 3.01. The maximum atomic E-state index is 11.8. The number of benzene rings is 1. The van der Waals surface area contributed by atoms with Gasteiger partial charge in [0.15, 0.2) is 11.9 Å². The summed E-state index contributed by atoms with van der Waals surface area (Å²) in [5.41, 5.74) is 0.674. The highest BCUT2D eigenvalue weighted by Crippen LogP contribution is 2.32. The summed E-state index contributed by atoms with van der Waals surface area (Å²) in [7, 11) is 0. The van der Waals surface area contributed by atoms with E-state index in [2.05, 4.69) is 0 Å². The van der Waals surface area contributed by atoms with Gasteiger partial charge in [-0.25, -0.2) is 4.79 Å². The SMILES string of the molecule is CC[C@H](Oc1ccc(C(=O)C2CC2)cc1)C(=O)O. The molecular weight excluding hydrogens is 232 g/mol. The minimum absolute atomic E-state index is 0.173. The van der Waals surface area contributed by atoms with Crippen LogP contribution in [0.15, 0.2) is 24.3 Å². The maximum absolute atomic E-state index is 11.8. The number of Topliss-reactive ketones (excluding diaryl/α,β-unsaturated/α-hetero) is 1.